The molecular weight excluding hydrogens is 280 g/mol. The highest BCUT2D eigenvalue weighted by molar-refractivity contribution is 5.95. The van der Waals surface area contributed by atoms with E-state index in [1.165, 1.54) is 0 Å². The van der Waals surface area contributed by atoms with E-state index in [1.807, 2.05) is 7.05 Å². The van der Waals surface area contributed by atoms with E-state index in [9.17, 15) is 4.79 Å². The Morgan fingerprint density at radius 1 is 1.30 bits per heavy atom. The van der Waals surface area contributed by atoms with Crippen LogP contribution >= 0.6 is 12.4 Å². The summed E-state index contributed by atoms with van der Waals surface area (Å²) in [7, 11) is 4.99. The molecule has 1 saturated heterocycles. The van der Waals surface area contributed by atoms with Crippen molar-refractivity contribution in [1.29, 1.82) is 0 Å². The number of likely N-dealkylation sites (N-methyl/N-ethyl adjacent to an activating group) is 1. The van der Waals surface area contributed by atoms with Crippen LogP contribution in [0.2, 0.25) is 0 Å². The molecule has 1 unspecified atom stereocenters. The molecule has 0 saturated carbocycles. The van der Waals surface area contributed by atoms with Gasteiger partial charge in [-0.25, -0.2) is 0 Å². The van der Waals surface area contributed by atoms with Gasteiger partial charge in [-0.15, -0.1) is 12.4 Å². The highest BCUT2D eigenvalue weighted by Gasteiger charge is 2.24. The lowest BCUT2D eigenvalue weighted by atomic mass is 10.1. The molecule has 0 radical (unpaired) electrons. The number of ether oxygens (including phenoxy) is 2. The zero-order valence-electron chi connectivity index (χ0n) is 12.0. The Labute approximate surface area is 125 Å². The van der Waals surface area contributed by atoms with E-state index in [0.717, 1.165) is 19.5 Å². The van der Waals surface area contributed by atoms with E-state index in [0.29, 0.717) is 17.1 Å². The molecular formula is C14H21ClN2O3. The van der Waals surface area contributed by atoms with Gasteiger partial charge in [0, 0.05) is 25.2 Å². The minimum Gasteiger partial charge on any atom is -0.493 e. The summed E-state index contributed by atoms with van der Waals surface area (Å²) in [6.07, 6.45) is 0.996. The Balaban J connectivity index is 0.00000200. The Kier molecular flexibility index (Phi) is 6.10. The smallest absolute Gasteiger partial charge is 0.254 e. The minimum absolute atomic E-state index is 0. The average molecular weight is 301 g/mol. The maximum atomic E-state index is 12.4. The van der Waals surface area contributed by atoms with Gasteiger partial charge in [0.05, 0.1) is 14.2 Å². The summed E-state index contributed by atoms with van der Waals surface area (Å²) in [5.74, 6) is 1.21. The molecule has 1 atom stereocenters. The monoisotopic (exact) mass is 300 g/mol. The molecule has 20 heavy (non-hydrogen) atoms. The van der Waals surface area contributed by atoms with Gasteiger partial charge in [-0.05, 0) is 31.2 Å². The van der Waals surface area contributed by atoms with Crippen LogP contribution in [0, 0.1) is 0 Å². The lowest BCUT2D eigenvalue weighted by molar-refractivity contribution is 0.0743. The molecule has 112 valence electrons. The van der Waals surface area contributed by atoms with Crippen molar-refractivity contribution in [2.24, 2.45) is 0 Å². The lowest BCUT2D eigenvalue weighted by Gasteiger charge is -2.24. The number of hydrogen-bond acceptors (Lipinski definition) is 4. The average Bonchev–Trinajstić information content (AvgIpc) is 2.99. The molecule has 2 rings (SSSR count). The second-order valence-corrected chi connectivity index (χ2v) is 4.63. The Bertz CT molecular complexity index is 462. The first-order chi connectivity index (χ1) is 9.17. The number of halogens is 1. The summed E-state index contributed by atoms with van der Waals surface area (Å²) >= 11 is 0. The predicted molar refractivity (Wildman–Crippen MR) is 80.2 cm³/mol. The van der Waals surface area contributed by atoms with Gasteiger partial charge in [0.1, 0.15) is 0 Å². The van der Waals surface area contributed by atoms with Crippen molar-refractivity contribution < 1.29 is 14.3 Å². The second-order valence-electron chi connectivity index (χ2n) is 4.63. The van der Waals surface area contributed by atoms with Crippen LogP contribution in [-0.4, -0.2) is 51.2 Å². The maximum Gasteiger partial charge on any atom is 0.254 e. The molecule has 1 aromatic rings. The van der Waals surface area contributed by atoms with Crippen molar-refractivity contribution in [2.75, 3.05) is 34.4 Å². The van der Waals surface area contributed by atoms with E-state index in [-0.39, 0.29) is 24.4 Å². The van der Waals surface area contributed by atoms with Gasteiger partial charge in [0.25, 0.3) is 5.91 Å². The number of methoxy groups -OCH3 is 2. The highest BCUT2D eigenvalue weighted by Crippen LogP contribution is 2.28. The van der Waals surface area contributed by atoms with Crippen molar-refractivity contribution in [2.45, 2.75) is 12.5 Å². The highest BCUT2D eigenvalue weighted by atomic mass is 35.5. The van der Waals surface area contributed by atoms with E-state index < -0.39 is 0 Å². The quantitative estimate of drug-likeness (QED) is 0.917. The largest absolute Gasteiger partial charge is 0.493 e. The summed E-state index contributed by atoms with van der Waals surface area (Å²) < 4.78 is 10.4. The fourth-order valence-electron chi connectivity index (χ4n) is 2.31. The van der Waals surface area contributed by atoms with Gasteiger partial charge in [0.15, 0.2) is 11.5 Å². The normalized spacial score (nSPS) is 17.2. The van der Waals surface area contributed by atoms with Crippen molar-refractivity contribution in [1.82, 2.24) is 10.2 Å². The number of rotatable bonds is 4. The number of nitrogens with one attached hydrogen (secondary N) is 1. The summed E-state index contributed by atoms with van der Waals surface area (Å²) in [4.78, 5) is 14.2. The van der Waals surface area contributed by atoms with Crippen molar-refractivity contribution in [3.05, 3.63) is 23.8 Å². The molecule has 1 aliphatic rings. The van der Waals surface area contributed by atoms with Crippen LogP contribution in [0.3, 0.4) is 0 Å². The molecule has 1 aliphatic heterocycles. The number of amides is 1. The SMILES string of the molecule is COc1ccc(C(=O)N(C)C2CCNC2)cc1OC.Cl. The summed E-state index contributed by atoms with van der Waals surface area (Å²) in [6, 6.07) is 5.51. The van der Waals surface area contributed by atoms with Crippen molar-refractivity contribution in [3.8, 4) is 11.5 Å². The molecule has 1 heterocycles. The van der Waals surface area contributed by atoms with Gasteiger partial charge in [0.2, 0.25) is 0 Å². The van der Waals surface area contributed by atoms with Gasteiger partial charge in [-0.1, -0.05) is 0 Å². The minimum atomic E-state index is 0. The van der Waals surface area contributed by atoms with E-state index >= 15 is 0 Å². The van der Waals surface area contributed by atoms with Crippen LogP contribution < -0.4 is 14.8 Å². The third-order valence-electron chi connectivity index (χ3n) is 3.53. The topological polar surface area (TPSA) is 50.8 Å². The first-order valence-corrected chi connectivity index (χ1v) is 6.37. The number of nitrogens with zero attached hydrogens (tertiary/aromatic N) is 1. The third kappa shape index (κ3) is 3.35. The van der Waals surface area contributed by atoms with Gasteiger partial charge >= 0.3 is 0 Å². The second kappa shape index (κ2) is 7.36. The lowest BCUT2D eigenvalue weighted by Crippen LogP contribution is -2.38. The predicted octanol–water partition coefficient (Wildman–Crippen LogP) is 1.56. The van der Waals surface area contributed by atoms with Gasteiger partial charge in [-0.2, -0.15) is 0 Å². The maximum absolute atomic E-state index is 12.4. The van der Waals surface area contributed by atoms with E-state index in [1.54, 1.807) is 37.3 Å². The number of hydrogen-bond donors (Lipinski definition) is 1. The van der Waals surface area contributed by atoms with Crippen LogP contribution in [0.5, 0.6) is 11.5 Å². The Morgan fingerprint density at radius 2 is 2.00 bits per heavy atom. The van der Waals surface area contributed by atoms with E-state index in [2.05, 4.69) is 5.32 Å². The summed E-state index contributed by atoms with van der Waals surface area (Å²) in [5, 5.41) is 3.26. The molecule has 5 nitrogen and oxygen atoms in total. The molecule has 1 aromatic carbocycles. The fourth-order valence-corrected chi connectivity index (χ4v) is 2.31. The van der Waals surface area contributed by atoms with Crippen LogP contribution in [0.4, 0.5) is 0 Å². The zero-order chi connectivity index (χ0) is 13.8. The zero-order valence-corrected chi connectivity index (χ0v) is 12.8. The Hall–Kier alpha value is -1.46. The van der Waals surface area contributed by atoms with Crippen LogP contribution in [0.25, 0.3) is 0 Å². The van der Waals surface area contributed by atoms with Gasteiger partial charge < -0.3 is 19.7 Å². The standard InChI is InChI=1S/C14H20N2O3.ClH/c1-16(11-6-7-15-9-11)14(17)10-4-5-12(18-2)13(8-10)19-3;/h4-5,8,11,15H,6-7,9H2,1-3H3;1H. The number of benzene rings is 1. The Morgan fingerprint density at radius 3 is 2.55 bits per heavy atom. The third-order valence-corrected chi connectivity index (χ3v) is 3.53. The van der Waals surface area contributed by atoms with Crippen molar-refractivity contribution in [3.63, 3.8) is 0 Å². The van der Waals surface area contributed by atoms with Crippen LogP contribution in [-0.2, 0) is 0 Å². The van der Waals surface area contributed by atoms with E-state index in [4.69, 9.17) is 9.47 Å². The molecule has 0 spiro atoms. The van der Waals surface area contributed by atoms with Crippen molar-refractivity contribution >= 4 is 18.3 Å². The molecule has 0 bridgehead atoms. The molecule has 1 N–H and O–H groups in total. The fraction of sp³-hybridized carbons (Fsp3) is 0.500. The first-order valence-electron chi connectivity index (χ1n) is 6.37. The summed E-state index contributed by atoms with van der Waals surface area (Å²) in [6.45, 7) is 1.82. The molecule has 1 amide bonds. The number of carbonyl (C=O) groups excluding carboxylic acids is 1. The van der Waals surface area contributed by atoms with Gasteiger partial charge in [-0.3, -0.25) is 4.79 Å². The molecule has 0 aromatic heterocycles. The van der Waals surface area contributed by atoms with Crippen LogP contribution in [0.1, 0.15) is 16.8 Å². The van der Waals surface area contributed by atoms with Crippen LogP contribution in [0.15, 0.2) is 18.2 Å². The molecule has 6 heteroatoms. The number of carbonyl (C=O) groups is 1. The molecule has 0 aliphatic carbocycles. The molecule has 1 fully saturated rings. The summed E-state index contributed by atoms with van der Waals surface area (Å²) in [5.41, 5.74) is 0.618. The first kappa shape index (κ1) is 16.6.